The molecule has 0 atom stereocenters. The maximum atomic E-state index is 13.3. The zero-order chi connectivity index (χ0) is 15.7. The van der Waals surface area contributed by atoms with E-state index in [1.54, 1.807) is 6.07 Å². The van der Waals surface area contributed by atoms with Crippen molar-refractivity contribution in [2.24, 2.45) is 7.05 Å². The van der Waals surface area contributed by atoms with Crippen molar-refractivity contribution in [3.63, 3.8) is 0 Å². The van der Waals surface area contributed by atoms with Crippen molar-refractivity contribution in [1.82, 2.24) is 4.57 Å². The van der Waals surface area contributed by atoms with Crippen molar-refractivity contribution in [2.75, 3.05) is 19.0 Å². The minimum atomic E-state index is -0.229. The molecular weight excluding hydrogens is 275 g/mol. The Balaban J connectivity index is 1.95. The Labute approximate surface area is 129 Å². The predicted octanol–water partition coefficient (Wildman–Crippen LogP) is 3.78. The van der Waals surface area contributed by atoms with Crippen LogP contribution in [0.4, 0.5) is 10.1 Å². The first-order chi connectivity index (χ1) is 10.5. The standard InChI is InChI=1S/C19H17FN2/c1-21(2)17-9-4-14(5-10-17)6-11-18-12-15-7-8-16(20)13-19(15)22(18)3/h4-5,7-10,12-13H,1-3H3. The number of hydrogen-bond donors (Lipinski definition) is 0. The average molecular weight is 292 g/mol. The van der Waals surface area contributed by atoms with Crippen LogP contribution >= 0.6 is 0 Å². The molecule has 0 radical (unpaired) electrons. The maximum absolute atomic E-state index is 13.3. The van der Waals surface area contributed by atoms with Crippen LogP contribution in [0, 0.1) is 17.7 Å². The molecule has 0 aliphatic heterocycles. The highest BCUT2D eigenvalue weighted by Crippen LogP contribution is 2.19. The molecule has 110 valence electrons. The van der Waals surface area contributed by atoms with Gasteiger partial charge in [0.15, 0.2) is 0 Å². The Morgan fingerprint density at radius 1 is 0.955 bits per heavy atom. The number of hydrogen-bond acceptors (Lipinski definition) is 1. The molecule has 0 aliphatic rings. The van der Waals surface area contributed by atoms with E-state index in [9.17, 15) is 4.39 Å². The summed E-state index contributed by atoms with van der Waals surface area (Å²) in [6, 6.07) is 14.9. The lowest BCUT2D eigenvalue weighted by Crippen LogP contribution is -2.07. The van der Waals surface area contributed by atoms with Gasteiger partial charge in [-0.3, -0.25) is 0 Å². The molecule has 3 heteroatoms. The lowest BCUT2D eigenvalue weighted by atomic mass is 10.2. The molecule has 0 amide bonds. The maximum Gasteiger partial charge on any atom is 0.125 e. The molecule has 0 bridgehead atoms. The Kier molecular flexibility index (Phi) is 3.60. The number of aromatic nitrogens is 1. The number of nitrogens with zero attached hydrogens (tertiary/aromatic N) is 2. The lowest BCUT2D eigenvalue weighted by molar-refractivity contribution is 0.629. The van der Waals surface area contributed by atoms with Crippen LogP contribution in [0.1, 0.15) is 11.3 Å². The van der Waals surface area contributed by atoms with Gasteiger partial charge in [0.2, 0.25) is 0 Å². The van der Waals surface area contributed by atoms with Crippen LogP contribution in [0.25, 0.3) is 10.9 Å². The van der Waals surface area contributed by atoms with Gasteiger partial charge in [-0.1, -0.05) is 5.92 Å². The van der Waals surface area contributed by atoms with Crippen molar-refractivity contribution >= 4 is 16.6 Å². The summed E-state index contributed by atoms with van der Waals surface area (Å²) in [6.07, 6.45) is 0. The largest absolute Gasteiger partial charge is 0.378 e. The molecular formula is C19H17FN2. The lowest BCUT2D eigenvalue weighted by Gasteiger charge is -2.11. The van der Waals surface area contributed by atoms with Crippen LogP contribution < -0.4 is 4.90 Å². The Morgan fingerprint density at radius 2 is 1.68 bits per heavy atom. The molecule has 0 spiro atoms. The van der Waals surface area contributed by atoms with E-state index in [2.05, 4.69) is 16.7 Å². The molecule has 0 N–H and O–H groups in total. The molecule has 0 fully saturated rings. The van der Waals surface area contributed by atoms with E-state index in [0.29, 0.717) is 0 Å². The first kappa shape index (κ1) is 14.2. The summed E-state index contributed by atoms with van der Waals surface area (Å²) in [5.41, 5.74) is 3.83. The number of benzene rings is 2. The van der Waals surface area contributed by atoms with E-state index in [0.717, 1.165) is 27.8 Å². The number of anilines is 1. The van der Waals surface area contributed by atoms with Gasteiger partial charge < -0.3 is 9.47 Å². The molecule has 2 aromatic carbocycles. The third kappa shape index (κ3) is 2.68. The fourth-order valence-corrected chi connectivity index (χ4v) is 2.40. The highest BCUT2D eigenvalue weighted by atomic mass is 19.1. The smallest absolute Gasteiger partial charge is 0.125 e. The van der Waals surface area contributed by atoms with Gasteiger partial charge in [0.05, 0.1) is 11.2 Å². The molecule has 1 heterocycles. The monoisotopic (exact) mass is 292 g/mol. The zero-order valence-electron chi connectivity index (χ0n) is 12.9. The van der Waals surface area contributed by atoms with Crippen LogP contribution in [0.3, 0.4) is 0 Å². The highest BCUT2D eigenvalue weighted by molar-refractivity contribution is 5.82. The van der Waals surface area contributed by atoms with Gasteiger partial charge in [0.1, 0.15) is 5.82 Å². The van der Waals surface area contributed by atoms with Crippen molar-refractivity contribution in [3.05, 3.63) is 65.6 Å². The molecule has 0 saturated carbocycles. The summed E-state index contributed by atoms with van der Waals surface area (Å²) >= 11 is 0. The molecule has 3 rings (SSSR count). The van der Waals surface area contributed by atoms with Gasteiger partial charge in [-0.2, -0.15) is 0 Å². The quantitative estimate of drug-likeness (QED) is 0.620. The number of fused-ring (bicyclic) bond motifs is 1. The topological polar surface area (TPSA) is 8.17 Å². The molecule has 3 aromatic rings. The molecule has 1 aromatic heterocycles. The fraction of sp³-hybridized carbons (Fsp3) is 0.158. The molecule has 2 nitrogen and oxygen atoms in total. The summed E-state index contributed by atoms with van der Waals surface area (Å²) in [4.78, 5) is 2.05. The SMILES string of the molecule is CN(C)c1ccc(C#Cc2cc3ccc(F)cc3n2C)cc1. The number of halogens is 1. The van der Waals surface area contributed by atoms with E-state index < -0.39 is 0 Å². The van der Waals surface area contributed by atoms with E-state index in [4.69, 9.17) is 0 Å². The second-order valence-electron chi connectivity index (χ2n) is 5.48. The van der Waals surface area contributed by atoms with Gasteiger partial charge in [-0.05, 0) is 54.5 Å². The highest BCUT2D eigenvalue weighted by Gasteiger charge is 2.04. The van der Waals surface area contributed by atoms with Crippen molar-refractivity contribution in [2.45, 2.75) is 0 Å². The van der Waals surface area contributed by atoms with Crippen LogP contribution in [0.15, 0.2) is 48.5 Å². The molecule has 0 aliphatic carbocycles. The Hall–Kier alpha value is -2.73. The predicted molar refractivity (Wildman–Crippen MR) is 89.6 cm³/mol. The zero-order valence-corrected chi connectivity index (χ0v) is 12.9. The third-order valence-corrected chi connectivity index (χ3v) is 3.73. The van der Waals surface area contributed by atoms with Gasteiger partial charge in [0, 0.05) is 37.8 Å². The second kappa shape index (κ2) is 5.57. The minimum Gasteiger partial charge on any atom is -0.378 e. The number of aryl methyl sites for hydroxylation is 1. The minimum absolute atomic E-state index is 0.229. The van der Waals surface area contributed by atoms with Crippen molar-refractivity contribution < 1.29 is 4.39 Å². The Bertz CT molecular complexity index is 877. The fourth-order valence-electron chi connectivity index (χ4n) is 2.40. The summed E-state index contributed by atoms with van der Waals surface area (Å²) in [6.45, 7) is 0. The first-order valence-electron chi connectivity index (χ1n) is 7.09. The van der Waals surface area contributed by atoms with Crippen LogP contribution in [0.2, 0.25) is 0 Å². The third-order valence-electron chi connectivity index (χ3n) is 3.73. The average Bonchev–Trinajstić information content (AvgIpc) is 2.82. The van der Waals surface area contributed by atoms with Crippen LogP contribution in [-0.2, 0) is 7.05 Å². The summed E-state index contributed by atoms with van der Waals surface area (Å²) in [7, 11) is 5.92. The van der Waals surface area contributed by atoms with Gasteiger partial charge >= 0.3 is 0 Å². The van der Waals surface area contributed by atoms with Crippen molar-refractivity contribution in [3.8, 4) is 11.8 Å². The summed E-state index contributed by atoms with van der Waals surface area (Å²) in [5.74, 6) is 6.09. The molecule has 22 heavy (non-hydrogen) atoms. The normalized spacial score (nSPS) is 10.4. The van der Waals surface area contributed by atoms with E-state index in [-0.39, 0.29) is 5.82 Å². The summed E-state index contributed by atoms with van der Waals surface area (Å²) < 4.78 is 15.2. The van der Waals surface area contributed by atoms with Crippen LogP contribution in [-0.4, -0.2) is 18.7 Å². The Morgan fingerprint density at radius 3 is 2.36 bits per heavy atom. The van der Waals surface area contributed by atoms with Crippen molar-refractivity contribution in [1.29, 1.82) is 0 Å². The van der Waals surface area contributed by atoms with E-state index in [1.807, 2.05) is 56.0 Å². The molecule has 0 saturated heterocycles. The number of rotatable bonds is 1. The van der Waals surface area contributed by atoms with E-state index in [1.165, 1.54) is 12.1 Å². The van der Waals surface area contributed by atoms with Gasteiger partial charge in [-0.25, -0.2) is 4.39 Å². The summed E-state index contributed by atoms with van der Waals surface area (Å²) in [5, 5.41) is 0.996. The molecule has 0 unspecified atom stereocenters. The van der Waals surface area contributed by atoms with E-state index >= 15 is 0 Å². The second-order valence-corrected chi connectivity index (χ2v) is 5.48. The van der Waals surface area contributed by atoms with Gasteiger partial charge in [0.25, 0.3) is 0 Å². The van der Waals surface area contributed by atoms with Gasteiger partial charge in [-0.15, -0.1) is 0 Å². The first-order valence-corrected chi connectivity index (χ1v) is 7.09. The van der Waals surface area contributed by atoms with Crippen LogP contribution in [0.5, 0.6) is 0 Å².